The maximum Gasteiger partial charge on any atom is 0.356 e. The molecule has 2 aliphatic heterocycles. The molecule has 6 nitrogen and oxygen atoms in total. The van der Waals surface area contributed by atoms with Crippen molar-refractivity contribution in [3.05, 3.63) is 210 Å². The fourth-order valence-corrected chi connectivity index (χ4v) is 13.4. The molecule has 2 atom stereocenters. The van der Waals surface area contributed by atoms with Gasteiger partial charge in [0.15, 0.2) is 6.10 Å². The maximum absolute atomic E-state index is 15.0. The zero-order valence-electron chi connectivity index (χ0n) is 30.5. The summed E-state index contributed by atoms with van der Waals surface area (Å²) in [6, 6.07) is 59.6. The predicted molar refractivity (Wildman–Crippen MR) is 223 cm³/mol. The van der Waals surface area contributed by atoms with E-state index in [0.29, 0.717) is 11.9 Å². The topological polar surface area (TPSA) is 75.7 Å². The van der Waals surface area contributed by atoms with Crippen LogP contribution in [0.3, 0.4) is 0 Å². The summed E-state index contributed by atoms with van der Waals surface area (Å²) in [4.78, 5) is 44.1. The lowest BCUT2D eigenvalue weighted by molar-refractivity contribution is -0.154. The molecule has 2 heterocycles. The summed E-state index contributed by atoms with van der Waals surface area (Å²) < 4.78 is 6.55. The van der Waals surface area contributed by atoms with E-state index in [4.69, 9.17) is 4.74 Å². The second-order valence-electron chi connectivity index (χ2n) is 13.7. The van der Waals surface area contributed by atoms with Crippen LogP contribution in [0.2, 0.25) is 0 Å². The minimum atomic E-state index is -2.45. The van der Waals surface area contributed by atoms with E-state index in [9.17, 15) is 9.59 Å². The Bertz CT molecular complexity index is 2160. The Balaban J connectivity index is 0.00000480. The highest BCUT2D eigenvalue weighted by Gasteiger charge is 2.56. The van der Waals surface area contributed by atoms with Gasteiger partial charge in [0, 0.05) is 11.3 Å². The number of benzene rings is 6. The molecule has 9 heteroatoms. The highest BCUT2D eigenvalue weighted by Crippen LogP contribution is 2.58. The monoisotopic (exact) mass is 886 g/mol. The Hall–Kier alpha value is -5.02. The third-order valence-corrected chi connectivity index (χ3v) is 15.9. The Labute approximate surface area is 349 Å². The van der Waals surface area contributed by atoms with Crippen molar-refractivity contribution in [2.45, 2.75) is 23.9 Å². The van der Waals surface area contributed by atoms with Crippen LogP contribution in [0.5, 0.6) is 0 Å². The van der Waals surface area contributed by atoms with Gasteiger partial charge in [-0.25, -0.2) is 4.79 Å². The fraction of sp³-hybridized carbons (Fsp3) is 0.128. The van der Waals surface area contributed by atoms with Crippen LogP contribution in [0.1, 0.15) is 22.8 Å². The molecule has 6 aromatic carbocycles. The number of carbonyl (C=O) groups excluding carboxylic acids is 3. The summed E-state index contributed by atoms with van der Waals surface area (Å²) in [5.41, 5.74) is 3.63. The lowest BCUT2D eigenvalue weighted by Gasteiger charge is -2.50. The number of ether oxygens (including phenoxy) is 1. The third kappa shape index (κ3) is 7.97. The summed E-state index contributed by atoms with van der Waals surface area (Å²) in [5, 5.41) is 6.05. The van der Waals surface area contributed by atoms with Crippen molar-refractivity contribution in [3.63, 3.8) is 0 Å². The lowest BCUT2D eigenvalue weighted by atomic mass is 10.0. The van der Waals surface area contributed by atoms with Crippen molar-refractivity contribution < 1.29 is 43.1 Å². The maximum atomic E-state index is 15.0. The molecule has 2 aliphatic rings. The molecule has 1 unspecified atom stereocenters. The van der Waals surface area contributed by atoms with Gasteiger partial charge in [-0.15, -0.1) is 11.8 Å². The van der Waals surface area contributed by atoms with E-state index in [1.54, 1.807) is 16.7 Å². The Morgan fingerprint density at radius 1 is 0.661 bits per heavy atom. The van der Waals surface area contributed by atoms with Gasteiger partial charge in [0.05, 0.1) is 12.6 Å². The molecule has 2 amide bonds. The first-order valence-corrected chi connectivity index (χ1v) is 21.4. The van der Waals surface area contributed by atoms with Gasteiger partial charge in [0.1, 0.15) is 40.3 Å². The highest BCUT2D eigenvalue weighted by molar-refractivity contribution is 8.00. The van der Waals surface area contributed by atoms with Crippen molar-refractivity contribution in [2.24, 2.45) is 0 Å². The third-order valence-electron chi connectivity index (χ3n) is 10.2. The van der Waals surface area contributed by atoms with Crippen LogP contribution in [-0.4, -0.2) is 46.0 Å². The van der Waals surface area contributed by atoms with E-state index in [1.165, 1.54) is 15.9 Å². The summed E-state index contributed by atoms with van der Waals surface area (Å²) in [5.74, 6) is -0.631. The minimum absolute atomic E-state index is 0. The molecular weight excluding hydrogens is 846 g/mol. The van der Waals surface area contributed by atoms with Crippen molar-refractivity contribution >= 4 is 52.7 Å². The number of thioether (sulfide) groups is 1. The van der Waals surface area contributed by atoms with Crippen LogP contribution >= 0.6 is 19.0 Å². The summed E-state index contributed by atoms with van der Waals surface area (Å²) in [6.07, 6.45) is -0.0245. The molecule has 0 saturated carbocycles. The molecule has 1 fully saturated rings. The second-order valence-corrected chi connectivity index (χ2v) is 18.2. The second kappa shape index (κ2) is 17.8. The minimum Gasteiger partial charge on any atom is -1.00 e. The van der Waals surface area contributed by atoms with Crippen LogP contribution in [0, 0.1) is 0 Å². The number of esters is 1. The smallest absolute Gasteiger partial charge is 0.356 e. The van der Waals surface area contributed by atoms with Gasteiger partial charge in [0.25, 0.3) is 5.91 Å². The van der Waals surface area contributed by atoms with E-state index in [1.807, 2.05) is 109 Å². The molecule has 1 N–H and O–H groups in total. The summed E-state index contributed by atoms with van der Waals surface area (Å²) in [7, 11) is -2.45. The Morgan fingerprint density at radius 3 is 1.55 bits per heavy atom. The molecule has 280 valence electrons. The van der Waals surface area contributed by atoms with Gasteiger partial charge < -0.3 is 34.0 Å². The normalized spacial score (nSPS) is 16.3. The van der Waals surface area contributed by atoms with Crippen LogP contribution < -0.4 is 45.2 Å². The molecule has 56 heavy (non-hydrogen) atoms. The van der Waals surface area contributed by atoms with Crippen molar-refractivity contribution in [1.29, 1.82) is 0 Å². The zero-order valence-corrected chi connectivity index (χ0v) is 34.4. The van der Waals surface area contributed by atoms with E-state index < -0.39 is 30.8 Å². The molecule has 6 aromatic rings. The van der Waals surface area contributed by atoms with E-state index in [0.717, 1.165) is 22.3 Å². The fourth-order valence-electron chi connectivity index (χ4n) is 7.60. The van der Waals surface area contributed by atoms with Crippen molar-refractivity contribution in [2.75, 3.05) is 11.9 Å². The molecule has 1 saturated heterocycles. The number of carbonyl (C=O) groups is 3. The van der Waals surface area contributed by atoms with Crippen LogP contribution in [0.4, 0.5) is 0 Å². The summed E-state index contributed by atoms with van der Waals surface area (Å²) >= 11 is 1.58. The molecular formula is C47H40IN2O4PS. The first-order chi connectivity index (χ1) is 27.0. The van der Waals surface area contributed by atoms with E-state index in [-0.39, 0.29) is 47.9 Å². The average Bonchev–Trinajstić information content (AvgIpc) is 3.25. The zero-order chi connectivity index (χ0) is 37.6. The van der Waals surface area contributed by atoms with Gasteiger partial charge in [-0.05, 0) is 53.1 Å². The molecule has 0 bridgehead atoms. The van der Waals surface area contributed by atoms with Gasteiger partial charge >= 0.3 is 5.97 Å². The van der Waals surface area contributed by atoms with Crippen molar-refractivity contribution in [3.8, 4) is 0 Å². The van der Waals surface area contributed by atoms with Crippen molar-refractivity contribution in [1.82, 2.24) is 10.2 Å². The number of rotatable bonds is 12. The number of hydrogen-bond acceptors (Lipinski definition) is 5. The highest BCUT2D eigenvalue weighted by atomic mass is 127. The molecule has 0 aliphatic carbocycles. The van der Waals surface area contributed by atoms with Gasteiger partial charge in [0.2, 0.25) is 5.91 Å². The molecule has 0 spiro atoms. The number of fused-ring (bicyclic) bond motifs is 1. The van der Waals surface area contributed by atoms with Crippen LogP contribution in [-0.2, 0) is 25.5 Å². The quantitative estimate of drug-likeness (QED) is 0.0864. The van der Waals surface area contributed by atoms with Crippen LogP contribution in [0.25, 0.3) is 0 Å². The Kier molecular flexibility index (Phi) is 12.5. The van der Waals surface area contributed by atoms with E-state index >= 15 is 4.79 Å². The predicted octanol–water partition coefficient (Wildman–Crippen LogP) is 4.21. The number of nitrogens with zero attached hydrogens (tertiary/aromatic N) is 1. The molecule has 0 radical (unpaired) electrons. The average molecular weight is 887 g/mol. The van der Waals surface area contributed by atoms with Crippen LogP contribution in [0.15, 0.2) is 193 Å². The van der Waals surface area contributed by atoms with E-state index in [2.05, 4.69) is 78.1 Å². The molecule has 0 aromatic heterocycles. The van der Waals surface area contributed by atoms with Gasteiger partial charge in [-0.3, -0.25) is 14.5 Å². The largest absolute Gasteiger partial charge is 1.00 e. The SMILES string of the molecule is O=C(Cc1ccccc1)NC1C(=O)N2C(C(=O)OC(c3ccccc3)c3ccccc3)=C(C[P+](c3ccccc3)(c3ccccc3)c3ccccc3)CS[C@H]12.[I-]. The first-order valence-electron chi connectivity index (χ1n) is 18.4. The summed E-state index contributed by atoms with van der Waals surface area (Å²) in [6.45, 7) is 0. The van der Waals surface area contributed by atoms with Gasteiger partial charge in [-0.1, -0.05) is 146 Å². The standard InChI is InChI=1S/C47H39N2O4PS.HI/c50-41(31-34-19-7-1-8-20-34)48-42-45(51)49-43(47(52)53-44(35-21-9-2-10-22-35)36-23-11-3-12-24-36)37(33-55-46(42)49)32-54(38-25-13-4-14-26-38,39-27-15-5-16-28-39)40-29-17-6-18-30-40;/h1-30,42,44,46H,31-33H2;1H/t42?,46-;/m1./s1. The molecule has 8 rings (SSSR count). The first kappa shape index (κ1) is 39.2. The number of halogens is 1. The lowest BCUT2D eigenvalue weighted by Crippen LogP contribution is -3.00. The number of nitrogens with one attached hydrogen (secondary N) is 1. The number of amides is 2. The number of β-lactam (4-membered cyclic amide) rings is 1. The number of hydrogen-bond donors (Lipinski definition) is 1. The van der Waals surface area contributed by atoms with Gasteiger partial charge in [-0.2, -0.15) is 0 Å². The Morgan fingerprint density at radius 2 is 1.09 bits per heavy atom.